The van der Waals surface area contributed by atoms with Gasteiger partial charge in [0.25, 0.3) is 17.5 Å². The van der Waals surface area contributed by atoms with Gasteiger partial charge in [0.05, 0.1) is 21.7 Å². The maximum atomic E-state index is 12.8. The zero-order chi connectivity index (χ0) is 29.6. The zero-order valence-electron chi connectivity index (χ0n) is 21.4. The number of anilines is 1. The van der Waals surface area contributed by atoms with E-state index in [0.717, 1.165) is 10.1 Å². The zero-order valence-corrected chi connectivity index (χ0v) is 23.0. The van der Waals surface area contributed by atoms with Crippen LogP contribution in [0.1, 0.15) is 36.0 Å². The van der Waals surface area contributed by atoms with E-state index in [0.29, 0.717) is 26.7 Å². The summed E-state index contributed by atoms with van der Waals surface area (Å²) in [5, 5.41) is 18.8. The van der Waals surface area contributed by atoms with Gasteiger partial charge in [0.15, 0.2) is 0 Å². The molecule has 0 saturated carbocycles. The highest BCUT2D eigenvalue weighted by molar-refractivity contribution is 7.21. The molecule has 0 spiro atoms. The predicted octanol–water partition coefficient (Wildman–Crippen LogP) is 6.70. The fourth-order valence-corrected chi connectivity index (χ4v) is 5.25. The van der Waals surface area contributed by atoms with Crippen molar-refractivity contribution in [1.82, 2.24) is 5.43 Å². The van der Waals surface area contributed by atoms with E-state index < -0.39 is 16.8 Å². The maximum absolute atomic E-state index is 12.8. The molecular weight excluding hydrogens is 580 g/mol. The first-order chi connectivity index (χ1) is 20.3. The van der Waals surface area contributed by atoms with Gasteiger partial charge in [-0.25, -0.2) is 10.2 Å². The van der Waals surface area contributed by atoms with Crippen molar-refractivity contribution in [1.29, 1.82) is 0 Å². The second-order valence-electron chi connectivity index (χ2n) is 8.70. The number of rotatable bonds is 8. The van der Waals surface area contributed by atoms with Gasteiger partial charge in [0, 0.05) is 39.0 Å². The predicted molar refractivity (Wildman–Crippen MR) is 161 cm³/mol. The molecule has 0 aliphatic carbocycles. The Morgan fingerprint density at radius 3 is 2.24 bits per heavy atom. The van der Waals surface area contributed by atoms with Crippen molar-refractivity contribution >= 4 is 68.4 Å². The molecule has 208 valence electrons. The van der Waals surface area contributed by atoms with Crippen LogP contribution in [0.4, 0.5) is 11.4 Å². The van der Waals surface area contributed by atoms with Crippen molar-refractivity contribution in [3.63, 3.8) is 0 Å². The Labute approximate surface area is 247 Å². The number of nitro benzene ring substituents is 1. The molecule has 1 heterocycles. The number of nitro groups is 1. The Kier molecular flexibility index (Phi) is 8.32. The summed E-state index contributed by atoms with van der Waals surface area (Å²) < 4.78 is 6.33. The average Bonchev–Trinajstić information content (AvgIpc) is 3.34. The number of ether oxygens (including phenoxy) is 1. The van der Waals surface area contributed by atoms with Gasteiger partial charge in [0.1, 0.15) is 10.6 Å². The summed E-state index contributed by atoms with van der Waals surface area (Å²) in [5.41, 5.74) is 3.58. The number of thiophene rings is 1. The van der Waals surface area contributed by atoms with Crippen LogP contribution in [0.3, 0.4) is 0 Å². The summed E-state index contributed by atoms with van der Waals surface area (Å²) in [6, 6.07) is 25.3. The number of amides is 2. The minimum absolute atomic E-state index is 0.132. The number of carbonyl (C=O) groups is 3. The normalized spacial score (nSPS) is 10.9. The second-order valence-corrected chi connectivity index (χ2v) is 10.1. The second kappa shape index (κ2) is 12.4. The lowest BCUT2D eigenvalue weighted by Crippen LogP contribution is -2.18. The van der Waals surface area contributed by atoms with Crippen LogP contribution in [0.2, 0.25) is 5.02 Å². The van der Waals surface area contributed by atoms with Gasteiger partial charge in [-0.2, -0.15) is 5.10 Å². The van der Waals surface area contributed by atoms with Gasteiger partial charge in [0.2, 0.25) is 0 Å². The van der Waals surface area contributed by atoms with Crippen molar-refractivity contribution in [2.24, 2.45) is 5.10 Å². The minimum atomic E-state index is -0.711. The molecule has 5 aromatic rings. The third-order valence-corrected chi connectivity index (χ3v) is 7.63. The fourth-order valence-electron chi connectivity index (χ4n) is 3.84. The van der Waals surface area contributed by atoms with Crippen LogP contribution in [0.15, 0.2) is 102 Å². The number of esters is 1. The number of benzene rings is 4. The number of nitrogens with zero attached hydrogens (tertiary/aromatic N) is 2. The first-order valence-electron chi connectivity index (χ1n) is 12.3. The van der Waals surface area contributed by atoms with E-state index in [-0.39, 0.29) is 22.9 Å². The van der Waals surface area contributed by atoms with Gasteiger partial charge in [-0.1, -0.05) is 41.9 Å². The molecule has 0 fully saturated rings. The van der Waals surface area contributed by atoms with Crippen LogP contribution in [0.25, 0.3) is 10.1 Å². The monoisotopic (exact) mass is 598 g/mol. The number of halogens is 1. The van der Waals surface area contributed by atoms with E-state index in [4.69, 9.17) is 16.3 Å². The average molecular weight is 599 g/mol. The van der Waals surface area contributed by atoms with E-state index in [2.05, 4.69) is 15.8 Å². The molecule has 42 heavy (non-hydrogen) atoms. The molecule has 0 unspecified atom stereocenters. The van der Waals surface area contributed by atoms with E-state index in [9.17, 15) is 24.5 Å². The highest BCUT2D eigenvalue weighted by Gasteiger charge is 2.17. The van der Waals surface area contributed by atoms with Crippen molar-refractivity contribution in [2.75, 3.05) is 5.32 Å². The topological polar surface area (TPSA) is 140 Å². The number of fused-ring (bicyclic) bond motifs is 1. The highest BCUT2D eigenvalue weighted by atomic mass is 35.5. The molecule has 2 amide bonds. The Morgan fingerprint density at radius 2 is 1.52 bits per heavy atom. The molecule has 4 aromatic carbocycles. The van der Waals surface area contributed by atoms with Crippen LogP contribution < -0.4 is 15.5 Å². The summed E-state index contributed by atoms with van der Waals surface area (Å²) in [6.45, 7) is 0. The molecule has 0 bridgehead atoms. The summed E-state index contributed by atoms with van der Waals surface area (Å²) in [4.78, 5) is 48.5. The molecule has 12 heteroatoms. The summed E-state index contributed by atoms with van der Waals surface area (Å²) in [6.07, 6.45) is 1.32. The van der Waals surface area contributed by atoms with Crippen LogP contribution in [-0.2, 0) is 0 Å². The molecule has 0 saturated heterocycles. The maximum Gasteiger partial charge on any atom is 0.343 e. The number of nitrogens with one attached hydrogen (secondary N) is 2. The van der Waals surface area contributed by atoms with Gasteiger partial charge >= 0.3 is 5.97 Å². The lowest BCUT2D eigenvalue weighted by Gasteiger charge is -2.07. The number of hydrazone groups is 1. The molecule has 10 nitrogen and oxygen atoms in total. The van der Waals surface area contributed by atoms with E-state index in [1.807, 2.05) is 24.3 Å². The number of non-ortho nitro benzene ring substituents is 1. The van der Waals surface area contributed by atoms with Gasteiger partial charge in [-0.05, 0) is 54.6 Å². The van der Waals surface area contributed by atoms with Crippen molar-refractivity contribution in [3.8, 4) is 5.75 Å². The van der Waals surface area contributed by atoms with Crippen molar-refractivity contribution in [2.45, 2.75) is 0 Å². The molecule has 2 N–H and O–H groups in total. The lowest BCUT2D eigenvalue weighted by atomic mass is 10.2. The largest absolute Gasteiger partial charge is 0.422 e. The Bertz CT molecular complexity index is 1850. The van der Waals surface area contributed by atoms with Gasteiger partial charge < -0.3 is 10.1 Å². The number of para-hydroxylation sites is 1. The number of hydrogen-bond acceptors (Lipinski definition) is 8. The third-order valence-electron chi connectivity index (χ3n) is 5.95. The van der Waals surface area contributed by atoms with Gasteiger partial charge in [-0.15, -0.1) is 11.3 Å². The minimum Gasteiger partial charge on any atom is -0.422 e. The molecule has 0 atom stereocenters. The van der Waals surface area contributed by atoms with Crippen molar-refractivity contribution in [3.05, 3.63) is 134 Å². The summed E-state index contributed by atoms with van der Waals surface area (Å²) >= 11 is 7.69. The molecular formula is C30H19ClN4O6S. The lowest BCUT2D eigenvalue weighted by molar-refractivity contribution is -0.384. The van der Waals surface area contributed by atoms with Crippen molar-refractivity contribution < 1.29 is 24.0 Å². The van der Waals surface area contributed by atoms with E-state index in [1.165, 1.54) is 53.9 Å². The Balaban J connectivity index is 1.19. The first kappa shape index (κ1) is 28.1. The molecule has 1 aromatic heterocycles. The Morgan fingerprint density at radius 1 is 0.857 bits per heavy atom. The third kappa shape index (κ3) is 6.33. The first-order valence-corrected chi connectivity index (χ1v) is 13.5. The SMILES string of the molecule is O=C(N/N=C\c1ccccc1OC(=O)c1ccc([N+](=O)[O-])cc1)c1ccc(NC(=O)c2sc3ccccc3c2Cl)cc1. The summed E-state index contributed by atoms with van der Waals surface area (Å²) in [5.74, 6) is -1.39. The molecule has 0 aliphatic rings. The molecule has 0 aliphatic heterocycles. The molecule has 0 radical (unpaired) electrons. The standard InChI is InChI=1S/C30H19ClN4O6S/c31-26-23-6-2-4-8-25(23)42-27(26)29(37)33-21-13-9-18(10-14-21)28(36)34-32-17-20-5-1-3-7-24(20)41-30(38)19-11-15-22(16-12-19)35(39)40/h1-17H,(H,33,37)(H,34,36)/b32-17-. The smallest absolute Gasteiger partial charge is 0.343 e. The number of hydrogen-bond donors (Lipinski definition) is 2. The van der Waals surface area contributed by atoms with Gasteiger partial charge in [-0.3, -0.25) is 19.7 Å². The van der Waals surface area contributed by atoms with Crippen LogP contribution in [0, 0.1) is 10.1 Å². The summed E-state index contributed by atoms with van der Waals surface area (Å²) in [7, 11) is 0. The van der Waals surface area contributed by atoms with E-state index >= 15 is 0 Å². The number of carbonyl (C=O) groups excluding carboxylic acids is 3. The quantitative estimate of drug-likeness (QED) is 0.0669. The fraction of sp³-hybridized carbons (Fsp3) is 0. The highest BCUT2D eigenvalue weighted by Crippen LogP contribution is 2.35. The Hall–Kier alpha value is -5.39. The van der Waals surface area contributed by atoms with Crippen LogP contribution in [-0.4, -0.2) is 28.9 Å². The van der Waals surface area contributed by atoms with Crippen LogP contribution in [0.5, 0.6) is 5.75 Å². The van der Waals surface area contributed by atoms with E-state index in [1.54, 1.807) is 36.4 Å². The molecule has 5 rings (SSSR count). The van der Waals surface area contributed by atoms with Crippen LogP contribution >= 0.6 is 22.9 Å².